The van der Waals surface area contributed by atoms with E-state index in [0.717, 1.165) is 5.69 Å². The molecular formula is C12H16N2O2. The Balaban J connectivity index is 2.46. The fourth-order valence-corrected chi connectivity index (χ4v) is 1.19. The first-order valence-electron chi connectivity index (χ1n) is 5.08. The Hall–Kier alpha value is -1.68. The highest BCUT2D eigenvalue weighted by Gasteiger charge is 2.12. The summed E-state index contributed by atoms with van der Waals surface area (Å²) in [4.78, 5) is 11.5. The third-order valence-corrected chi connectivity index (χ3v) is 2.25. The Morgan fingerprint density at radius 2 is 2.06 bits per heavy atom. The van der Waals surface area contributed by atoms with E-state index < -0.39 is 0 Å². The largest absolute Gasteiger partial charge is 0.376 e. The number of hydrogen-bond acceptors (Lipinski definition) is 3. The molecule has 0 aliphatic carbocycles. The summed E-state index contributed by atoms with van der Waals surface area (Å²) in [6, 6.07) is 9.19. The molecule has 1 amide bonds. The second-order valence-electron chi connectivity index (χ2n) is 3.49. The number of carbonyl (C=O) groups is 1. The molecule has 16 heavy (non-hydrogen) atoms. The SMILES string of the molecule is COC(C)C(=N)CC(=O)Nc1ccccc1. The van der Waals surface area contributed by atoms with Gasteiger partial charge in [-0.05, 0) is 19.1 Å². The number of carbonyl (C=O) groups excluding carboxylic acids is 1. The third-order valence-electron chi connectivity index (χ3n) is 2.25. The van der Waals surface area contributed by atoms with E-state index in [9.17, 15) is 4.79 Å². The number of para-hydroxylation sites is 1. The van der Waals surface area contributed by atoms with Crippen molar-refractivity contribution in [3.8, 4) is 0 Å². The van der Waals surface area contributed by atoms with Crippen LogP contribution in [0.2, 0.25) is 0 Å². The molecule has 1 unspecified atom stereocenters. The van der Waals surface area contributed by atoms with Crippen molar-refractivity contribution < 1.29 is 9.53 Å². The molecule has 1 rings (SSSR count). The van der Waals surface area contributed by atoms with Crippen molar-refractivity contribution in [1.29, 1.82) is 5.41 Å². The highest BCUT2D eigenvalue weighted by atomic mass is 16.5. The van der Waals surface area contributed by atoms with Crippen LogP contribution in [0.15, 0.2) is 30.3 Å². The van der Waals surface area contributed by atoms with Gasteiger partial charge in [-0.25, -0.2) is 0 Å². The molecule has 1 aromatic rings. The molecule has 0 bridgehead atoms. The standard InChI is InChI=1S/C12H16N2O2/c1-9(16-2)11(13)8-12(15)14-10-6-4-3-5-7-10/h3-7,9,13H,8H2,1-2H3,(H,14,15). The molecule has 1 atom stereocenters. The molecule has 1 aromatic carbocycles. The predicted octanol–water partition coefficient (Wildman–Crippen LogP) is 2.07. The van der Waals surface area contributed by atoms with Gasteiger partial charge in [0.15, 0.2) is 0 Å². The molecule has 4 nitrogen and oxygen atoms in total. The zero-order chi connectivity index (χ0) is 12.0. The predicted molar refractivity (Wildman–Crippen MR) is 63.9 cm³/mol. The van der Waals surface area contributed by atoms with Crippen LogP contribution >= 0.6 is 0 Å². The van der Waals surface area contributed by atoms with Crippen LogP contribution in [0.5, 0.6) is 0 Å². The summed E-state index contributed by atoms with van der Waals surface area (Å²) >= 11 is 0. The lowest BCUT2D eigenvalue weighted by molar-refractivity contribution is -0.115. The van der Waals surface area contributed by atoms with Crippen molar-refractivity contribution in [2.45, 2.75) is 19.4 Å². The minimum atomic E-state index is -0.318. The molecule has 0 aliphatic heterocycles. The molecule has 0 aromatic heterocycles. The van der Waals surface area contributed by atoms with Gasteiger partial charge in [-0.3, -0.25) is 4.79 Å². The number of rotatable bonds is 5. The van der Waals surface area contributed by atoms with Crippen LogP contribution in [0.3, 0.4) is 0 Å². The van der Waals surface area contributed by atoms with E-state index >= 15 is 0 Å². The maximum absolute atomic E-state index is 11.5. The molecule has 0 saturated carbocycles. The average Bonchev–Trinajstić information content (AvgIpc) is 2.29. The zero-order valence-electron chi connectivity index (χ0n) is 9.49. The Labute approximate surface area is 95.1 Å². The van der Waals surface area contributed by atoms with Crippen molar-refractivity contribution in [3.63, 3.8) is 0 Å². The number of benzene rings is 1. The van der Waals surface area contributed by atoms with Crippen LogP contribution in [0.4, 0.5) is 5.69 Å². The lowest BCUT2D eigenvalue weighted by Crippen LogP contribution is -2.24. The van der Waals surface area contributed by atoms with Crippen molar-refractivity contribution in [3.05, 3.63) is 30.3 Å². The van der Waals surface area contributed by atoms with Crippen LogP contribution in [0.1, 0.15) is 13.3 Å². The van der Waals surface area contributed by atoms with Gasteiger partial charge in [-0.1, -0.05) is 18.2 Å². The Morgan fingerprint density at radius 3 is 2.62 bits per heavy atom. The van der Waals surface area contributed by atoms with Crippen molar-refractivity contribution in [2.75, 3.05) is 12.4 Å². The van der Waals surface area contributed by atoms with E-state index in [4.69, 9.17) is 10.1 Å². The number of methoxy groups -OCH3 is 1. The molecule has 0 aliphatic rings. The lowest BCUT2D eigenvalue weighted by Gasteiger charge is -2.11. The number of anilines is 1. The summed E-state index contributed by atoms with van der Waals surface area (Å²) < 4.78 is 4.96. The van der Waals surface area contributed by atoms with E-state index in [2.05, 4.69) is 5.32 Å². The van der Waals surface area contributed by atoms with Crippen molar-refractivity contribution in [2.24, 2.45) is 0 Å². The van der Waals surface area contributed by atoms with Gasteiger partial charge >= 0.3 is 0 Å². The van der Waals surface area contributed by atoms with Gasteiger partial charge in [-0.2, -0.15) is 0 Å². The van der Waals surface area contributed by atoms with E-state index in [1.807, 2.05) is 18.2 Å². The van der Waals surface area contributed by atoms with Gasteiger partial charge < -0.3 is 15.5 Å². The highest BCUT2D eigenvalue weighted by Crippen LogP contribution is 2.06. The second-order valence-corrected chi connectivity index (χ2v) is 3.49. The van der Waals surface area contributed by atoms with E-state index in [1.54, 1.807) is 19.1 Å². The summed E-state index contributed by atoms with van der Waals surface area (Å²) in [5, 5.41) is 10.3. The first kappa shape index (κ1) is 12.4. The van der Waals surface area contributed by atoms with Gasteiger partial charge in [0.2, 0.25) is 5.91 Å². The van der Waals surface area contributed by atoms with Crippen LogP contribution in [-0.2, 0) is 9.53 Å². The molecular weight excluding hydrogens is 204 g/mol. The summed E-state index contributed by atoms with van der Waals surface area (Å²) in [6.07, 6.45) is -0.259. The van der Waals surface area contributed by atoms with Gasteiger partial charge in [0, 0.05) is 18.5 Å². The molecule has 0 radical (unpaired) electrons. The number of hydrogen-bond donors (Lipinski definition) is 2. The monoisotopic (exact) mass is 220 g/mol. The maximum atomic E-state index is 11.5. The van der Waals surface area contributed by atoms with Gasteiger partial charge in [-0.15, -0.1) is 0 Å². The zero-order valence-corrected chi connectivity index (χ0v) is 9.49. The average molecular weight is 220 g/mol. The van der Waals surface area contributed by atoms with Gasteiger partial charge in [0.05, 0.1) is 12.5 Å². The number of amides is 1. The summed E-state index contributed by atoms with van der Waals surface area (Å²) in [5.41, 5.74) is 1.02. The van der Waals surface area contributed by atoms with Gasteiger partial charge in [0.25, 0.3) is 0 Å². The normalized spacial score (nSPS) is 11.9. The van der Waals surface area contributed by atoms with Gasteiger partial charge in [0.1, 0.15) is 0 Å². The molecule has 4 heteroatoms. The number of nitrogens with one attached hydrogen (secondary N) is 2. The minimum absolute atomic E-state index is 0.0594. The molecule has 0 fully saturated rings. The van der Waals surface area contributed by atoms with Crippen LogP contribution in [0, 0.1) is 5.41 Å². The minimum Gasteiger partial charge on any atom is -0.376 e. The Bertz CT molecular complexity index is 363. The molecule has 2 N–H and O–H groups in total. The maximum Gasteiger partial charge on any atom is 0.230 e. The van der Waals surface area contributed by atoms with E-state index in [-0.39, 0.29) is 24.1 Å². The molecule has 0 spiro atoms. The Morgan fingerprint density at radius 1 is 1.44 bits per heavy atom. The van der Waals surface area contributed by atoms with Crippen LogP contribution < -0.4 is 5.32 Å². The molecule has 86 valence electrons. The third kappa shape index (κ3) is 3.82. The van der Waals surface area contributed by atoms with E-state index in [0.29, 0.717) is 0 Å². The molecule has 0 heterocycles. The number of ether oxygens (including phenoxy) is 1. The second kappa shape index (κ2) is 6.02. The van der Waals surface area contributed by atoms with Crippen molar-refractivity contribution in [1.82, 2.24) is 0 Å². The fraction of sp³-hybridized carbons (Fsp3) is 0.333. The lowest BCUT2D eigenvalue weighted by atomic mass is 10.1. The van der Waals surface area contributed by atoms with Crippen LogP contribution in [-0.4, -0.2) is 24.8 Å². The molecule has 0 saturated heterocycles. The Kier molecular flexibility index (Phi) is 4.66. The summed E-state index contributed by atoms with van der Waals surface area (Å²) in [7, 11) is 1.52. The quantitative estimate of drug-likeness (QED) is 0.746. The topological polar surface area (TPSA) is 62.2 Å². The highest BCUT2D eigenvalue weighted by molar-refractivity contribution is 6.06. The summed E-state index contributed by atoms with van der Waals surface area (Å²) in [6.45, 7) is 1.75. The van der Waals surface area contributed by atoms with E-state index in [1.165, 1.54) is 7.11 Å². The first-order valence-corrected chi connectivity index (χ1v) is 5.08. The van der Waals surface area contributed by atoms with Crippen LogP contribution in [0.25, 0.3) is 0 Å². The smallest absolute Gasteiger partial charge is 0.230 e. The fourth-order valence-electron chi connectivity index (χ4n) is 1.19. The first-order chi connectivity index (χ1) is 7.63. The van der Waals surface area contributed by atoms with Crippen molar-refractivity contribution >= 4 is 17.3 Å². The summed E-state index contributed by atoms with van der Waals surface area (Å²) in [5.74, 6) is -0.194.